The van der Waals surface area contributed by atoms with Gasteiger partial charge in [-0.1, -0.05) is 48.5 Å². The van der Waals surface area contributed by atoms with Gasteiger partial charge in [-0.05, 0) is 37.1 Å². The third kappa shape index (κ3) is 6.54. The number of guanidine groups is 1. The van der Waals surface area contributed by atoms with Crippen molar-refractivity contribution in [3.05, 3.63) is 71.8 Å². The number of para-hydroxylation sites is 1. The Kier molecular flexibility index (Phi) is 9.06. The highest BCUT2D eigenvalue weighted by atomic mass is 127. The van der Waals surface area contributed by atoms with Crippen molar-refractivity contribution in [2.45, 2.75) is 26.0 Å². The van der Waals surface area contributed by atoms with Crippen LogP contribution in [-0.4, -0.2) is 43.2 Å². The van der Waals surface area contributed by atoms with E-state index in [9.17, 15) is 5.11 Å². The zero-order chi connectivity index (χ0) is 21.6. The third-order valence-corrected chi connectivity index (χ3v) is 4.99. The van der Waals surface area contributed by atoms with Gasteiger partial charge in [0.1, 0.15) is 11.4 Å². The largest absolute Gasteiger partial charge is 0.384 e. The first-order chi connectivity index (χ1) is 14.4. The zero-order valence-electron chi connectivity index (χ0n) is 18.6. The van der Waals surface area contributed by atoms with E-state index in [4.69, 9.17) is 9.98 Å². The third-order valence-electron chi connectivity index (χ3n) is 4.99. The molecule has 3 rings (SSSR count). The second kappa shape index (κ2) is 11.3. The smallest absolute Gasteiger partial charge is 0.191 e. The van der Waals surface area contributed by atoms with Crippen LogP contribution in [0, 0.1) is 0 Å². The molecule has 0 amide bonds. The minimum atomic E-state index is -1.00. The maximum absolute atomic E-state index is 10.9. The SMILES string of the molecule is CCNC(=NCc1cc(N(C)C)nc2ccccc12)NCC(C)(O)c1ccccc1.I. The lowest BCUT2D eigenvalue weighted by Gasteiger charge is -2.25. The summed E-state index contributed by atoms with van der Waals surface area (Å²) in [5, 5.41) is 18.5. The fourth-order valence-electron chi connectivity index (χ4n) is 3.25. The van der Waals surface area contributed by atoms with E-state index in [1.807, 2.05) is 74.4 Å². The van der Waals surface area contributed by atoms with Gasteiger partial charge in [0.05, 0.1) is 18.6 Å². The lowest BCUT2D eigenvalue weighted by molar-refractivity contribution is 0.0617. The molecule has 3 aromatic rings. The number of hydrogen-bond donors (Lipinski definition) is 3. The summed E-state index contributed by atoms with van der Waals surface area (Å²) < 4.78 is 0. The maximum atomic E-state index is 10.9. The average Bonchev–Trinajstić information content (AvgIpc) is 2.76. The number of benzene rings is 2. The van der Waals surface area contributed by atoms with Crippen molar-refractivity contribution in [1.82, 2.24) is 15.6 Å². The topological polar surface area (TPSA) is 72.8 Å². The number of aliphatic imine (C=N–C) groups is 1. The summed E-state index contributed by atoms with van der Waals surface area (Å²) in [6.07, 6.45) is 0. The Labute approximate surface area is 201 Å². The Morgan fingerprint density at radius 3 is 2.42 bits per heavy atom. The van der Waals surface area contributed by atoms with E-state index in [2.05, 4.69) is 22.8 Å². The van der Waals surface area contributed by atoms with Crippen molar-refractivity contribution in [2.24, 2.45) is 4.99 Å². The van der Waals surface area contributed by atoms with Gasteiger partial charge in [0.25, 0.3) is 0 Å². The molecular weight excluding hydrogens is 501 g/mol. The van der Waals surface area contributed by atoms with Crippen molar-refractivity contribution in [1.29, 1.82) is 0 Å². The molecule has 0 bridgehead atoms. The number of nitrogens with one attached hydrogen (secondary N) is 2. The quantitative estimate of drug-likeness (QED) is 0.244. The average molecular weight is 533 g/mol. The molecule has 1 aromatic heterocycles. The van der Waals surface area contributed by atoms with Crippen LogP contribution < -0.4 is 15.5 Å². The monoisotopic (exact) mass is 533 g/mol. The molecule has 2 aromatic carbocycles. The van der Waals surface area contributed by atoms with Gasteiger partial charge in [-0.15, -0.1) is 24.0 Å². The number of anilines is 1. The minimum absolute atomic E-state index is 0. The maximum Gasteiger partial charge on any atom is 0.191 e. The van der Waals surface area contributed by atoms with Crippen molar-refractivity contribution >= 4 is 46.7 Å². The van der Waals surface area contributed by atoms with E-state index in [0.29, 0.717) is 19.0 Å². The van der Waals surface area contributed by atoms with Crippen LogP contribution >= 0.6 is 24.0 Å². The Hall–Kier alpha value is -2.39. The Bertz CT molecular complexity index is 1010. The summed E-state index contributed by atoms with van der Waals surface area (Å²) in [4.78, 5) is 11.5. The van der Waals surface area contributed by atoms with E-state index in [1.165, 1.54) is 0 Å². The molecular formula is C24H32IN5O. The number of nitrogens with zero attached hydrogens (tertiary/aromatic N) is 3. The predicted molar refractivity (Wildman–Crippen MR) is 140 cm³/mol. The molecule has 0 saturated heterocycles. The number of fused-ring (bicyclic) bond motifs is 1. The van der Waals surface area contributed by atoms with Crippen LogP contribution in [0.25, 0.3) is 10.9 Å². The van der Waals surface area contributed by atoms with E-state index >= 15 is 0 Å². The number of hydrogen-bond acceptors (Lipinski definition) is 4. The highest BCUT2D eigenvalue weighted by Crippen LogP contribution is 2.23. The van der Waals surface area contributed by atoms with E-state index in [1.54, 1.807) is 6.92 Å². The molecule has 0 spiro atoms. The highest BCUT2D eigenvalue weighted by molar-refractivity contribution is 14.0. The fourth-order valence-corrected chi connectivity index (χ4v) is 3.25. The van der Waals surface area contributed by atoms with Crippen LogP contribution in [0.1, 0.15) is 25.0 Å². The van der Waals surface area contributed by atoms with Crippen molar-refractivity contribution < 1.29 is 5.11 Å². The second-order valence-corrected chi connectivity index (χ2v) is 7.74. The predicted octanol–water partition coefficient (Wildman–Crippen LogP) is 3.88. The number of rotatable bonds is 7. The zero-order valence-corrected chi connectivity index (χ0v) is 20.9. The van der Waals surface area contributed by atoms with Gasteiger partial charge in [0, 0.05) is 26.0 Å². The first kappa shape index (κ1) is 24.9. The molecule has 6 nitrogen and oxygen atoms in total. The number of pyridine rings is 1. The van der Waals surface area contributed by atoms with Crippen LogP contribution in [0.2, 0.25) is 0 Å². The summed E-state index contributed by atoms with van der Waals surface area (Å²) in [6.45, 7) is 5.42. The summed E-state index contributed by atoms with van der Waals surface area (Å²) in [5.74, 6) is 1.57. The van der Waals surface area contributed by atoms with Gasteiger partial charge in [0.15, 0.2) is 5.96 Å². The van der Waals surface area contributed by atoms with Crippen LogP contribution in [0.5, 0.6) is 0 Å². The van der Waals surface area contributed by atoms with E-state index < -0.39 is 5.60 Å². The molecule has 166 valence electrons. The van der Waals surface area contributed by atoms with E-state index in [-0.39, 0.29) is 24.0 Å². The van der Waals surface area contributed by atoms with Gasteiger partial charge in [-0.2, -0.15) is 0 Å². The molecule has 1 heterocycles. The molecule has 0 aliphatic heterocycles. The fraction of sp³-hybridized carbons (Fsp3) is 0.333. The summed E-state index contributed by atoms with van der Waals surface area (Å²) >= 11 is 0. The summed E-state index contributed by atoms with van der Waals surface area (Å²) in [7, 11) is 3.98. The van der Waals surface area contributed by atoms with Crippen LogP contribution in [0.4, 0.5) is 5.82 Å². The number of aliphatic hydroxyl groups is 1. The standard InChI is InChI=1S/C24H31N5O.HI/c1-5-25-23(27-17-24(2,30)19-11-7-6-8-12-19)26-16-18-15-22(29(3)4)28-21-14-10-9-13-20(18)21;/h6-15,30H,5,16-17H2,1-4H3,(H2,25,26,27);1H. The van der Waals surface area contributed by atoms with Crippen LogP contribution in [0.15, 0.2) is 65.7 Å². The van der Waals surface area contributed by atoms with Gasteiger partial charge < -0.3 is 20.6 Å². The van der Waals surface area contributed by atoms with Crippen molar-refractivity contribution in [2.75, 3.05) is 32.1 Å². The summed E-state index contributed by atoms with van der Waals surface area (Å²) in [5.41, 5.74) is 1.93. The molecule has 0 fully saturated rings. The molecule has 1 atom stereocenters. The normalized spacial score (nSPS) is 13.3. The molecule has 31 heavy (non-hydrogen) atoms. The molecule has 0 radical (unpaired) electrons. The highest BCUT2D eigenvalue weighted by Gasteiger charge is 2.23. The molecule has 0 aliphatic rings. The molecule has 7 heteroatoms. The first-order valence-corrected chi connectivity index (χ1v) is 10.3. The van der Waals surface area contributed by atoms with Crippen molar-refractivity contribution in [3.63, 3.8) is 0 Å². The molecule has 3 N–H and O–H groups in total. The first-order valence-electron chi connectivity index (χ1n) is 10.3. The molecule has 0 saturated carbocycles. The Morgan fingerprint density at radius 1 is 1.06 bits per heavy atom. The van der Waals surface area contributed by atoms with Gasteiger partial charge >= 0.3 is 0 Å². The Morgan fingerprint density at radius 2 is 1.74 bits per heavy atom. The minimum Gasteiger partial charge on any atom is -0.384 e. The number of aromatic nitrogens is 1. The van der Waals surface area contributed by atoms with Crippen LogP contribution in [0.3, 0.4) is 0 Å². The second-order valence-electron chi connectivity index (χ2n) is 7.74. The summed E-state index contributed by atoms with van der Waals surface area (Å²) in [6, 6.07) is 19.9. The Balaban J connectivity index is 0.00000341. The van der Waals surface area contributed by atoms with E-state index in [0.717, 1.165) is 34.4 Å². The lowest BCUT2D eigenvalue weighted by Crippen LogP contribution is -2.44. The molecule has 0 aliphatic carbocycles. The lowest BCUT2D eigenvalue weighted by atomic mass is 9.96. The molecule has 1 unspecified atom stereocenters. The van der Waals surface area contributed by atoms with Gasteiger partial charge in [0.2, 0.25) is 0 Å². The van der Waals surface area contributed by atoms with Gasteiger partial charge in [-0.3, -0.25) is 0 Å². The van der Waals surface area contributed by atoms with Gasteiger partial charge in [-0.25, -0.2) is 9.98 Å². The van der Waals surface area contributed by atoms with Crippen LogP contribution in [-0.2, 0) is 12.1 Å². The van der Waals surface area contributed by atoms with Crippen molar-refractivity contribution in [3.8, 4) is 0 Å². The number of halogens is 1.